The summed E-state index contributed by atoms with van der Waals surface area (Å²) < 4.78 is 0. The van der Waals surface area contributed by atoms with Crippen LogP contribution in [0.2, 0.25) is 0 Å². The number of amides is 8. The van der Waals surface area contributed by atoms with E-state index in [1.807, 2.05) is 45.9 Å². The lowest BCUT2D eigenvalue weighted by Gasteiger charge is -2.34. The number of benzene rings is 2. The lowest BCUT2D eigenvalue weighted by Crippen LogP contribution is -2.61. The minimum atomic E-state index is -1.62. The molecule has 3 heterocycles. The third-order valence-electron chi connectivity index (χ3n) is 14.4. The van der Waals surface area contributed by atoms with E-state index in [0.717, 1.165) is 10.9 Å². The number of aromatic amines is 1. The Hall–Kier alpha value is -6.52. The molecule has 410 valence electrons. The van der Waals surface area contributed by atoms with Gasteiger partial charge in [-0.05, 0) is 80.1 Å². The third-order valence-corrected chi connectivity index (χ3v) is 15.1. The predicted octanol–water partition coefficient (Wildman–Crippen LogP) is 1.11. The standard InChI is InChI=1S/C53H76N10O11S/c1-7-30(3)43(54)51(71)62-23-14-21-42(62)50(70)61-44(31(4)8-2)52(72)63-24-15-20-41(63)49(69)57-37(22-25-75-6)46(66)60-40(29-64)48(68)58-38(27-34-28-55-36-19-13-12-18-35(34)36)47(67)56-32(5)45(65)59-39(53(73)74)26-33-16-10-9-11-17-33/h9-13,16-19,28,30-32,37-44,55,64H,7-8,14-15,20-27,29,54H2,1-6H3,(H,56,67)(H,57,69)(H,58,68)(H,59,65)(H,60,66)(H,61,70)(H,73,74)/t30-,31-,32-,37-,38-,39-,40-,41-,42-,43-,44-/m0/s1. The Kier molecular flexibility index (Phi) is 22.5. The average Bonchev–Trinajstić information content (AvgIpc) is 4.20. The van der Waals surface area contributed by atoms with E-state index in [0.29, 0.717) is 55.5 Å². The van der Waals surface area contributed by atoms with Crippen molar-refractivity contribution >= 4 is 75.9 Å². The smallest absolute Gasteiger partial charge is 0.326 e. The second kappa shape index (κ2) is 28.4. The van der Waals surface area contributed by atoms with Gasteiger partial charge in [0, 0.05) is 43.0 Å². The zero-order valence-electron chi connectivity index (χ0n) is 43.8. The number of aromatic nitrogens is 1. The van der Waals surface area contributed by atoms with E-state index in [9.17, 15) is 53.4 Å². The minimum absolute atomic E-state index is 0.0168. The van der Waals surface area contributed by atoms with Gasteiger partial charge in [0.2, 0.25) is 47.3 Å². The van der Waals surface area contributed by atoms with Gasteiger partial charge in [0.25, 0.3) is 0 Å². The van der Waals surface area contributed by atoms with Gasteiger partial charge in [-0.25, -0.2) is 4.79 Å². The van der Waals surface area contributed by atoms with Crippen LogP contribution in [0.15, 0.2) is 60.8 Å². The lowest BCUT2D eigenvalue weighted by atomic mass is 9.96. The summed E-state index contributed by atoms with van der Waals surface area (Å²) in [6.07, 6.45) is 6.39. The van der Waals surface area contributed by atoms with Crippen LogP contribution in [-0.4, -0.2) is 164 Å². The lowest BCUT2D eigenvalue weighted by molar-refractivity contribution is -0.145. The van der Waals surface area contributed by atoms with Crippen LogP contribution in [0.5, 0.6) is 0 Å². The molecule has 8 amide bonds. The second-order valence-corrected chi connectivity index (χ2v) is 20.7. The van der Waals surface area contributed by atoms with Crippen molar-refractivity contribution in [3.63, 3.8) is 0 Å². The van der Waals surface area contributed by atoms with E-state index in [1.165, 1.54) is 28.5 Å². The number of aliphatic carboxylic acids is 1. The first-order chi connectivity index (χ1) is 35.8. The van der Waals surface area contributed by atoms with Gasteiger partial charge in [0.1, 0.15) is 48.3 Å². The number of hydrogen-bond acceptors (Lipinski definition) is 12. The zero-order valence-corrected chi connectivity index (χ0v) is 44.6. The van der Waals surface area contributed by atoms with Gasteiger partial charge in [0.15, 0.2) is 0 Å². The molecule has 0 bridgehead atoms. The molecule has 0 aliphatic carbocycles. The van der Waals surface area contributed by atoms with Crippen molar-refractivity contribution in [2.24, 2.45) is 17.6 Å². The number of rotatable bonds is 27. The number of carbonyl (C=O) groups excluding carboxylic acids is 8. The molecular formula is C53H76N10O11S. The van der Waals surface area contributed by atoms with Crippen LogP contribution in [0.3, 0.4) is 0 Å². The molecule has 11 N–H and O–H groups in total. The quantitative estimate of drug-likeness (QED) is 0.0513. The molecule has 0 spiro atoms. The summed E-state index contributed by atoms with van der Waals surface area (Å²) in [4.78, 5) is 130. The molecule has 0 unspecified atom stereocenters. The van der Waals surface area contributed by atoms with Crippen LogP contribution >= 0.6 is 11.8 Å². The number of likely N-dealkylation sites (tertiary alicyclic amines) is 2. The summed E-state index contributed by atoms with van der Waals surface area (Å²) in [5.41, 5.74) is 8.32. The molecule has 2 fully saturated rings. The normalized spacial score (nSPS) is 19.0. The number of para-hydroxylation sites is 1. The molecule has 11 atom stereocenters. The molecule has 0 saturated carbocycles. The fraction of sp³-hybridized carbons (Fsp3) is 0.566. The number of aliphatic hydroxyl groups is 1. The van der Waals surface area contributed by atoms with Crippen molar-refractivity contribution in [3.05, 3.63) is 71.9 Å². The molecule has 0 radical (unpaired) electrons. The number of hydrogen-bond donors (Lipinski definition) is 10. The maximum atomic E-state index is 14.4. The first-order valence-electron chi connectivity index (χ1n) is 25.9. The van der Waals surface area contributed by atoms with Gasteiger partial charge < -0.3 is 62.6 Å². The zero-order chi connectivity index (χ0) is 54.9. The molecule has 5 rings (SSSR count). The van der Waals surface area contributed by atoms with Crippen LogP contribution < -0.4 is 37.6 Å². The van der Waals surface area contributed by atoms with Gasteiger partial charge in [-0.3, -0.25) is 38.4 Å². The van der Waals surface area contributed by atoms with Gasteiger partial charge >= 0.3 is 5.97 Å². The number of fused-ring (bicyclic) bond motifs is 1. The number of carboxylic acid groups (broad SMARTS) is 1. The van der Waals surface area contributed by atoms with E-state index in [1.54, 1.807) is 48.9 Å². The summed E-state index contributed by atoms with van der Waals surface area (Å²) in [6.45, 7) is 8.55. The number of carbonyl (C=O) groups is 9. The molecule has 1 aromatic heterocycles. The van der Waals surface area contributed by atoms with Crippen LogP contribution in [0.25, 0.3) is 10.9 Å². The number of H-pyrrole nitrogens is 1. The van der Waals surface area contributed by atoms with Gasteiger partial charge in [-0.2, -0.15) is 11.8 Å². The fourth-order valence-corrected chi connectivity index (χ4v) is 9.84. The first kappa shape index (κ1) is 59.4. The number of thioether (sulfide) groups is 1. The Bertz CT molecular complexity index is 2480. The highest BCUT2D eigenvalue weighted by Crippen LogP contribution is 2.25. The van der Waals surface area contributed by atoms with E-state index < -0.39 is 108 Å². The number of carboxylic acids is 1. The van der Waals surface area contributed by atoms with Crippen molar-refractivity contribution in [2.75, 3.05) is 31.7 Å². The first-order valence-corrected chi connectivity index (χ1v) is 27.3. The Morgan fingerprint density at radius 1 is 0.680 bits per heavy atom. The number of aliphatic hydroxyl groups excluding tert-OH is 1. The van der Waals surface area contributed by atoms with E-state index >= 15 is 0 Å². The Balaban J connectivity index is 1.27. The Morgan fingerprint density at radius 2 is 1.24 bits per heavy atom. The molecular weight excluding hydrogens is 985 g/mol. The molecule has 22 heteroatoms. The monoisotopic (exact) mass is 1060 g/mol. The average molecular weight is 1060 g/mol. The molecule has 3 aromatic rings. The van der Waals surface area contributed by atoms with Crippen LogP contribution in [-0.2, 0) is 56.0 Å². The van der Waals surface area contributed by atoms with Gasteiger partial charge in [-0.1, -0.05) is 89.1 Å². The third kappa shape index (κ3) is 15.8. The maximum absolute atomic E-state index is 14.4. The molecule has 75 heavy (non-hydrogen) atoms. The Morgan fingerprint density at radius 3 is 1.85 bits per heavy atom. The van der Waals surface area contributed by atoms with E-state index in [2.05, 4.69) is 36.9 Å². The van der Waals surface area contributed by atoms with Crippen molar-refractivity contribution < 1.29 is 53.4 Å². The summed E-state index contributed by atoms with van der Waals surface area (Å²) in [6, 6.07) is 5.53. The Labute approximate surface area is 442 Å². The number of nitrogens with zero attached hydrogens (tertiary/aromatic N) is 2. The van der Waals surface area contributed by atoms with Crippen LogP contribution in [0.1, 0.15) is 90.7 Å². The van der Waals surface area contributed by atoms with Crippen LogP contribution in [0.4, 0.5) is 0 Å². The molecule has 21 nitrogen and oxygen atoms in total. The maximum Gasteiger partial charge on any atom is 0.326 e. The van der Waals surface area contributed by atoms with Crippen LogP contribution in [0, 0.1) is 11.8 Å². The molecule has 2 aliphatic heterocycles. The summed E-state index contributed by atoms with van der Waals surface area (Å²) >= 11 is 1.40. The molecule has 2 aromatic carbocycles. The van der Waals surface area contributed by atoms with E-state index in [-0.39, 0.29) is 50.0 Å². The number of nitrogens with one attached hydrogen (secondary N) is 7. The fourth-order valence-electron chi connectivity index (χ4n) is 9.37. The van der Waals surface area contributed by atoms with Crippen molar-refractivity contribution in [3.8, 4) is 0 Å². The summed E-state index contributed by atoms with van der Waals surface area (Å²) in [5, 5.41) is 37.0. The highest BCUT2D eigenvalue weighted by atomic mass is 32.2. The largest absolute Gasteiger partial charge is 0.480 e. The predicted molar refractivity (Wildman–Crippen MR) is 283 cm³/mol. The highest BCUT2D eigenvalue weighted by Gasteiger charge is 2.43. The topological polar surface area (TPSA) is 315 Å². The van der Waals surface area contributed by atoms with Crippen molar-refractivity contribution in [2.45, 2.75) is 147 Å². The van der Waals surface area contributed by atoms with Crippen molar-refractivity contribution in [1.82, 2.24) is 46.7 Å². The molecule has 2 saturated heterocycles. The second-order valence-electron chi connectivity index (χ2n) is 19.7. The SMILES string of the molecule is CC[C@H](C)[C@H](N)C(=O)N1CCC[C@H]1C(=O)N[C@H](C(=O)N1CCC[C@H]1C(=O)N[C@@H](CCSC)C(=O)N[C@@H](CO)C(=O)N[C@@H](Cc1c[nH]c2ccccc12)C(=O)N[C@@H](C)C(=O)N[C@@H](Cc1ccccc1)C(=O)O)[C@@H](C)CC. The number of nitrogens with two attached hydrogens (primary N) is 1. The minimum Gasteiger partial charge on any atom is -0.480 e. The van der Waals surface area contributed by atoms with E-state index in [4.69, 9.17) is 5.73 Å². The van der Waals surface area contributed by atoms with Gasteiger partial charge in [0.05, 0.1) is 12.6 Å². The summed E-state index contributed by atoms with van der Waals surface area (Å²) in [7, 11) is 0. The molecule has 2 aliphatic rings. The van der Waals surface area contributed by atoms with Crippen molar-refractivity contribution in [1.29, 1.82) is 0 Å². The highest BCUT2D eigenvalue weighted by molar-refractivity contribution is 7.98. The van der Waals surface area contributed by atoms with Gasteiger partial charge in [-0.15, -0.1) is 0 Å². The summed E-state index contributed by atoms with van der Waals surface area (Å²) in [5.74, 6) is -6.60.